The van der Waals surface area contributed by atoms with Crippen LogP contribution < -0.4 is 5.43 Å². The maximum atomic E-state index is 12.9. The topological polar surface area (TPSA) is 54.6 Å². The number of nitrogens with one attached hydrogen (secondary N) is 1. The molecule has 1 N–H and O–H groups in total. The molecule has 2 heterocycles. The molecular formula is C17H17FN2O2S2. The van der Waals surface area contributed by atoms with Crippen LogP contribution in [0.4, 0.5) is 4.39 Å². The molecule has 1 aromatic heterocycles. The molecule has 1 saturated heterocycles. The molecule has 1 aliphatic heterocycles. The van der Waals surface area contributed by atoms with Gasteiger partial charge < -0.3 is 4.42 Å². The second-order valence-electron chi connectivity index (χ2n) is 5.51. The predicted octanol–water partition coefficient (Wildman–Crippen LogP) is 4.12. The third-order valence-electron chi connectivity index (χ3n) is 3.52. The number of hydrogen-bond acceptors (Lipinski definition) is 5. The fourth-order valence-electron chi connectivity index (χ4n) is 2.35. The summed E-state index contributed by atoms with van der Waals surface area (Å²) >= 11 is 3.62. The number of carbonyl (C=O) groups excluding carboxylic acids is 1. The van der Waals surface area contributed by atoms with Crippen LogP contribution >= 0.6 is 23.5 Å². The number of benzene rings is 1. The molecule has 0 saturated carbocycles. The number of hydrazone groups is 1. The lowest BCUT2D eigenvalue weighted by molar-refractivity contribution is -0.121. The molecular weight excluding hydrogens is 347 g/mol. The highest BCUT2D eigenvalue weighted by atomic mass is 32.2. The second-order valence-corrected chi connectivity index (χ2v) is 8.96. The minimum Gasteiger partial charge on any atom is -0.455 e. The largest absolute Gasteiger partial charge is 0.455 e. The highest BCUT2D eigenvalue weighted by Crippen LogP contribution is 2.45. The van der Waals surface area contributed by atoms with Crippen LogP contribution in [0.5, 0.6) is 0 Å². The van der Waals surface area contributed by atoms with E-state index < -0.39 is 0 Å². The van der Waals surface area contributed by atoms with Crippen LogP contribution in [0.3, 0.4) is 0 Å². The van der Waals surface area contributed by atoms with E-state index in [9.17, 15) is 9.18 Å². The summed E-state index contributed by atoms with van der Waals surface area (Å²) in [5, 5.41) is 3.94. The van der Waals surface area contributed by atoms with E-state index in [0.717, 1.165) is 17.1 Å². The van der Waals surface area contributed by atoms with Crippen molar-refractivity contribution in [2.24, 2.45) is 5.10 Å². The molecule has 0 unspecified atom stereocenters. The molecule has 1 fully saturated rings. The normalized spacial score (nSPS) is 16.6. The Labute approximate surface area is 148 Å². The van der Waals surface area contributed by atoms with Gasteiger partial charge in [-0.2, -0.15) is 5.10 Å². The van der Waals surface area contributed by atoms with Gasteiger partial charge in [0.1, 0.15) is 17.3 Å². The van der Waals surface area contributed by atoms with Gasteiger partial charge >= 0.3 is 0 Å². The number of furan rings is 1. The molecule has 0 spiro atoms. The average Bonchev–Trinajstić information content (AvgIpc) is 3.17. The zero-order valence-electron chi connectivity index (χ0n) is 13.1. The van der Waals surface area contributed by atoms with E-state index in [-0.39, 0.29) is 15.8 Å². The standard InChI is InChI=1S/C17H17FN2O2S2/c1-17(23-8-9-24-17)10-16(21)20-19-11-14-6-7-15(22-14)12-2-4-13(18)5-3-12/h2-7,11H,8-10H2,1H3,(H,20,21). The van der Waals surface area contributed by atoms with Crippen molar-refractivity contribution in [3.8, 4) is 11.3 Å². The first-order valence-corrected chi connectivity index (χ1v) is 9.47. The Morgan fingerprint density at radius 2 is 2.00 bits per heavy atom. The first-order valence-electron chi connectivity index (χ1n) is 7.50. The third-order valence-corrected chi connectivity index (χ3v) is 6.81. The van der Waals surface area contributed by atoms with Crippen molar-refractivity contribution in [2.45, 2.75) is 17.4 Å². The molecule has 0 aliphatic carbocycles. The number of rotatable bonds is 5. The molecule has 0 radical (unpaired) electrons. The molecule has 2 aromatic rings. The first-order chi connectivity index (χ1) is 11.5. The van der Waals surface area contributed by atoms with Crippen molar-refractivity contribution in [1.29, 1.82) is 0 Å². The van der Waals surface area contributed by atoms with Crippen molar-refractivity contribution in [3.05, 3.63) is 48.0 Å². The minimum absolute atomic E-state index is 0.0555. The van der Waals surface area contributed by atoms with Crippen molar-refractivity contribution in [1.82, 2.24) is 5.43 Å². The van der Waals surface area contributed by atoms with E-state index in [1.165, 1.54) is 18.3 Å². The molecule has 1 aromatic carbocycles. The summed E-state index contributed by atoms with van der Waals surface area (Å²) in [4.78, 5) is 11.9. The molecule has 3 rings (SSSR count). The SMILES string of the molecule is CC1(CC(=O)NN=Cc2ccc(-c3ccc(F)cc3)o2)SCCS1. The molecule has 0 bridgehead atoms. The average molecular weight is 364 g/mol. The van der Waals surface area contributed by atoms with Gasteiger partial charge in [-0.15, -0.1) is 23.5 Å². The van der Waals surface area contributed by atoms with Gasteiger partial charge in [-0.1, -0.05) is 0 Å². The number of carbonyl (C=O) groups is 1. The van der Waals surface area contributed by atoms with Crippen molar-refractivity contribution in [2.75, 3.05) is 11.5 Å². The van der Waals surface area contributed by atoms with Crippen LogP contribution in [-0.2, 0) is 4.79 Å². The molecule has 0 atom stereocenters. The smallest absolute Gasteiger partial charge is 0.242 e. The summed E-state index contributed by atoms with van der Waals surface area (Å²) < 4.78 is 18.5. The second kappa shape index (κ2) is 7.44. The van der Waals surface area contributed by atoms with Crippen LogP contribution in [-0.4, -0.2) is 27.7 Å². The zero-order chi connectivity index (χ0) is 17.0. The number of amides is 1. The fraction of sp³-hybridized carbons (Fsp3) is 0.294. The van der Waals surface area contributed by atoms with Gasteiger partial charge in [0.2, 0.25) is 5.91 Å². The molecule has 7 heteroatoms. The van der Waals surface area contributed by atoms with Gasteiger partial charge in [0.15, 0.2) is 0 Å². The van der Waals surface area contributed by atoms with Gasteiger partial charge in [-0.3, -0.25) is 4.79 Å². The Balaban J connectivity index is 1.55. The van der Waals surface area contributed by atoms with Crippen molar-refractivity contribution < 1.29 is 13.6 Å². The van der Waals surface area contributed by atoms with Crippen molar-refractivity contribution >= 4 is 35.6 Å². The van der Waals surface area contributed by atoms with E-state index in [2.05, 4.69) is 17.5 Å². The fourth-order valence-corrected chi connectivity index (χ4v) is 5.18. The quantitative estimate of drug-likeness (QED) is 0.640. The maximum absolute atomic E-state index is 12.9. The van der Waals surface area contributed by atoms with Gasteiger partial charge in [0.05, 0.1) is 16.7 Å². The van der Waals surface area contributed by atoms with Gasteiger partial charge in [-0.05, 0) is 43.3 Å². The number of nitrogens with zero attached hydrogens (tertiary/aromatic N) is 1. The molecule has 126 valence electrons. The van der Waals surface area contributed by atoms with E-state index in [4.69, 9.17) is 4.42 Å². The Hall–Kier alpha value is -1.73. The summed E-state index contributed by atoms with van der Waals surface area (Å²) in [6, 6.07) is 9.58. The summed E-state index contributed by atoms with van der Waals surface area (Å²) in [5.74, 6) is 2.90. The molecule has 4 nitrogen and oxygen atoms in total. The van der Waals surface area contributed by atoms with Crippen LogP contribution in [0.1, 0.15) is 19.1 Å². The summed E-state index contributed by atoms with van der Waals surface area (Å²) in [5.41, 5.74) is 3.31. The van der Waals surface area contributed by atoms with Crippen LogP contribution in [0, 0.1) is 5.82 Å². The van der Waals surface area contributed by atoms with Crippen LogP contribution in [0.15, 0.2) is 45.9 Å². The highest BCUT2D eigenvalue weighted by Gasteiger charge is 2.32. The Morgan fingerprint density at radius 3 is 2.71 bits per heavy atom. The monoisotopic (exact) mass is 364 g/mol. The Kier molecular flexibility index (Phi) is 5.30. The third kappa shape index (κ3) is 4.42. The van der Waals surface area contributed by atoms with E-state index in [1.54, 1.807) is 24.3 Å². The summed E-state index contributed by atoms with van der Waals surface area (Å²) in [6.07, 6.45) is 1.89. The van der Waals surface area contributed by atoms with Gasteiger partial charge in [0, 0.05) is 17.1 Å². The van der Waals surface area contributed by atoms with E-state index in [1.807, 2.05) is 23.5 Å². The highest BCUT2D eigenvalue weighted by molar-refractivity contribution is 8.21. The van der Waals surface area contributed by atoms with Crippen molar-refractivity contribution in [3.63, 3.8) is 0 Å². The zero-order valence-corrected chi connectivity index (χ0v) is 14.8. The Morgan fingerprint density at radius 1 is 1.29 bits per heavy atom. The van der Waals surface area contributed by atoms with E-state index >= 15 is 0 Å². The number of halogens is 1. The summed E-state index contributed by atoms with van der Waals surface area (Å²) in [6.45, 7) is 2.08. The first kappa shape index (κ1) is 17.1. The van der Waals surface area contributed by atoms with E-state index in [0.29, 0.717) is 17.9 Å². The molecule has 1 aliphatic rings. The lowest BCUT2D eigenvalue weighted by Crippen LogP contribution is -2.26. The minimum atomic E-state index is -0.290. The molecule has 1 amide bonds. The van der Waals surface area contributed by atoms with Crippen LogP contribution in [0.2, 0.25) is 0 Å². The summed E-state index contributed by atoms with van der Waals surface area (Å²) in [7, 11) is 0. The Bertz CT molecular complexity index is 737. The van der Waals surface area contributed by atoms with Gasteiger partial charge in [0.25, 0.3) is 0 Å². The number of thioether (sulfide) groups is 2. The maximum Gasteiger partial charge on any atom is 0.242 e. The molecule has 24 heavy (non-hydrogen) atoms. The lowest BCUT2D eigenvalue weighted by Gasteiger charge is -2.19. The number of hydrogen-bond donors (Lipinski definition) is 1. The predicted molar refractivity (Wildman–Crippen MR) is 97.8 cm³/mol. The lowest BCUT2D eigenvalue weighted by atomic mass is 10.2. The van der Waals surface area contributed by atoms with Gasteiger partial charge in [-0.25, -0.2) is 9.82 Å². The van der Waals surface area contributed by atoms with Crippen LogP contribution in [0.25, 0.3) is 11.3 Å².